The van der Waals surface area contributed by atoms with Crippen molar-refractivity contribution in [1.29, 1.82) is 0 Å². The van der Waals surface area contributed by atoms with E-state index in [4.69, 9.17) is 0 Å². The molecule has 1 nitrogen and oxygen atoms in total. The molecule has 0 saturated carbocycles. The molecule has 0 heterocycles. The van der Waals surface area contributed by atoms with Crippen LogP contribution >= 0.6 is 15.9 Å². The van der Waals surface area contributed by atoms with Crippen LogP contribution in [0, 0.1) is 11.2 Å². The molecule has 1 unspecified atom stereocenters. The van der Waals surface area contributed by atoms with Crippen molar-refractivity contribution in [3.8, 4) is 0 Å². The topological polar surface area (TPSA) is 12.0 Å². The van der Waals surface area contributed by atoms with Crippen LogP contribution in [0.3, 0.4) is 0 Å². The van der Waals surface area contributed by atoms with Crippen LogP contribution in [0.2, 0.25) is 0 Å². The van der Waals surface area contributed by atoms with Crippen LogP contribution in [0.1, 0.15) is 32.8 Å². The quantitative estimate of drug-likeness (QED) is 0.861. The van der Waals surface area contributed by atoms with Crippen molar-refractivity contribution in [3.63, 3.8) is 0 Å². The zero-order chi connectivity index (χ0) is 13.1. The molecule has 0 aliphatic rings. The molecule has 1 aromatic rings. The Morgan fingerprint density at radius 3 is 2.59 bits per heavy atom. The second-order valence-electron chi connectivity index (χ2n) is 5.48. The molecule has 0 radical (unpaired) electrons. The van der Waals surface area contributed by atoms with E-state index in [-0.39, 0.29) is 11.2 Å². The van der Waals surface area contributed by atoms with Crippen molar-refractivity contribution in [2.45, 2.75) is 39.7 Å². The Hall–Kier alpha value is -0.410. The largest absolute Gasteiger partial charge is 0.317 e. The van der Waals surface area contributed by atoms with Crippen LogP contribution in [0.15, 0.2) is 22.7 Å². The van der Waals surface area contributed by atoms with Crippen LogP contribution in [0.4, 0.5) is 4.39 Å². The first kappa shape index (κ1) is 14.7. The Labute approximate surface area is 112 Å². The summed E-state index contributed by atoms with van der Waals surface area (Å²) < 4.78 is 13.7. The van der Waals surface area contributed by atoms with E-state index in [0.717, 1.165) is 12.8 Å². The van der Waals surface area contributed by atoms with Gasteiger partial charge in [-0.25, -0.2) is 4.39 Å². The maximum Gasteiger partial charge on any atom is 0.137 e. The maximum absolute atomic E-state index is 13.1. The van der Waals surface area contributed by atoms with Gasteiger partial charge in [0, 0.05) is 6.04 Å². The minimum absolute atomic E-state index is 0.199. The zero-order valence-electron chi connectivity index (χ0n) is 11.0. The van der Waals surface area contributed by atoms with E-state index in [1.54, 1.807) is 0 Å². The summed E-state index contributed by atoms with van der Waals surface area (Å²) in [6.07, 6.45) is 2.05. The van der Waals surface area contributed by atoms with Gasteiger partial charge in [0.15, 0.2) is 0 Å². The molecule has 1 N–H and O–H groups in total. The Bertz CT molecular complexity index is 376. The van der Waals surface area contributed by atoms with E-state index in [0.29, 0.717) is 10.5 Å². The molecular formula is C14H21BrFN. The molecule has 0 saturated heterocycles. The summed E-state index contributed by atoms with van der Waals surface area (Å²) in [6.45, 7) is 6.68. The first-order valence-corrected chi connectivity index (χ1v) is 6.74. The minimum atomic E-state index is -0.199. The lowest BCUT2D eigenvalue weighted by molar-refractivity contribution is 0.293. The van der Waals surface area contributed by atoms with Crippen LogP contribution < -0.4 is 5.32 Å². The molecule has 17 heavy (non-hydrogen) atoms. The Kier molecular flexibility index (Phi) is 5.14. The smallest absolute Gasteiger partial charge is 0.137 e. The normalized spacial score (nSPS) is 13.8. The number of benzene rings is 1. The summed E-state index contributed by atoms with van der Waals surface area (Å²) in [5, 5.41) is 3.26. The molecule has 0 spiro atoms. The highest BCUT2D eigenvalue weighted by atomic mass is 79.9. The molecule has 1 rings (SSSR count). The van der Waals surface area contributed by atoms with Gasteiger partial charge in [0.25, 0.3) is 0 Å². The monoisotopic (exact) mass is 301 g/mol. The summed E-state index contributed by atoms with van der Waals surface area (Å²) >= 11 is 3.23. The Morgan fingerprint density at radius 1 is 1.41 bits per heavy atom. The molecule has 3 heteroatoms. The second-order valence-corrected chi connectivity index (χ2v) is 6.34. The van der Waals surface area contributed by atoms with Gasteiger partial charge in [-0.2, -0.15) is 0 Å². The minimum Gasteiger partial charge on any atom is -0.317 e. The highest BCUT2D eigenvalue weighted by Gasteiger charge is 2.21. The first-order chi connectivity index (χ1) is 7.84. The number of rotatable bonds is 5. The van der Waals surface area contributed by atoms with Crippen LogP contribution in [0.25, 0.3) is 0 Å². The van der Waals surface area contributed by atoms with E-state index in [9.17, 15) is 4.39 Å². The third kappa shape index (κ3) is 4.76. The number of hydrogen-bond acceptors (Lipinski definition) is 1. The highest BCUT2D eigenvalue weighted by Crippen LogP contribution is 2.29. The molecule has 0 bridgehead atoms. The lowest BCUT2D eigenvalue weighted by Crippen LogP contribution is -2.29. The third-order valence-corrected chi connectivity index (χ3v) is 3.63. The van der Waals surface area contributed by atoms with Gasteiger partial charge in [-0.05, 0) is 65.9 Å². The van der Waals surface area contributed by atoms with Crippen molar-refractivity contribution in [1.82, 2.24) is 5.32 Å². The fourth-order valence-electron chi connectivity index (χ4n) is 2.21. The summed E-state index contributed by atoms with van der Waals surface area (Å²) in [5.74, 6) is -0.199. The van der Waals surface area contributed by atoms with Gasteiger partial charge in [0.05, 0.1) is 4.47 Å². The molecule has 1 atom stereocenters. The summed E-state index contributed by atoms with van der Waals surface area (Å²) in [6, 6.07) is 5.76. The molecular weight excluding hydrogens is 281 g/mol. The molecule has 0 fully saturated rings. The van der Waals surface area contributed by atoms with E-state index in [2.05, 4.69) is 42.0 Å². The van der Waals surface area contributed by atoms with Crippen molar-refractivity contribution < 1.29 is 4.39 Å². The van der Waals surface area contributed by atoms with Crippen molar-refractivity contribution in [3.05, 3.63) is 34.1 Å². The molecule has 0 aliphatic carbocycles. The summed E-state index contributed by atoms with van der Waals surface area (Å²) in [5.41, 5.74) is 1.38. The molecule has 0 aromatic heterocycles. The Balaban J connectivity index is 2.72. The highest BCUT2D eigenvalue weighted by molar-refractivity contribution is 9.10. The average Bonchev–Trinajstić information content (AvgIpc) is 2.22. The van der Waals surface area contributed by atoms with E-state index < -0.39 is 0 Å². The van der Waals surface area contributed by atoms with E-state index >= 15 is 0 Å². The fraction of sp³-hybridized carbons (Fsp3) is 0.571. The van der Waals surface area contributed by atoms with Crippen LogP contribution in [0.5, 0.6) is 0 Å². The predicted molar refractivity (Wildman–Crippen MR) is 74.7 cm³/mol. The summed E-state index contributed by atoms with van der Waals surface area (Å²) in [4.78, 5) is 0. The van der Waals surface area contributed by atoms with Gasteiger partial charge in [0.1, 0.15) is 5.82 Å². The Morgan fingerprint density at radius 2 is 2.06 bits per heavy atom. The molecule has 1 aromatic carbocycles. The van der Waals surface area contributed by atoms with Gasteiger partial charge in [-0.1, -0.05) is 19.9 Å². The van der Waals surface area contributed by atoms with Crippen molar-refractivity contribution >= 4 is 15.9 Å². The lowest BCUT2D eigenvalue weighted by Gasteiger charge is -2.28. The van der Waals surface area contributed by atoms with Gasteiger partial charge < -0.3 is 5.32 Å². The average molecular weight is 302 g/mol. The molecule has 0 amide bonds. The van der Waals surface area contributed by atoms with E-state index in [1.807, 2.05) is 19.2 Å². The van der Waals surface area contributed by atoms with Crippen LogP contribution in [-0.2, 0) is 6.42 Å². The summed E-state index contributed by atoms with van der Waals surface area (Å²) in [7, 11) is 1.98. The van der Waals surface area contributed by atoms with Crippen molar-refractivity contribution in [2.75, 3.05) is 7.05 Å². The second kappa shape index (κ2) is 5.96. The first-order valence-electron chi connectivity index (χ1n) is 5.95. The molecule has 96 valence electrons. The van der Waals surface area contributed by atoms with Gasteiger partial charge in [-0.3, -0.25) is 0 Å². The standard InChI is InChI=1S/C14H21BrFN/c1-10(17-4)8-14(2,3)9-11-5-6-13(16)12(15)7-11/h5-7,10,17H,8-9H2,1-4H3. The van der Waals surface area contributed by atoms with Gasteiger partial charge in [0.2, 0.25) is 0 Å². The lowest BCUT2D eigenvalue weighted by atomic mass is 9.80. The molecule has 0 aliphatic heterocycles. The fourth-order valence-corrected chi connectivity index (χ4v) is 2.63. The predicted octanol–water partition coefficient (Wildman–Crippen LogP) is 4.15. The van der Waals surface area contributed by atoms with Crippen molar-refractivity contribution in [2.24, 2.45) is 5.41 Å². The number of hydrogen-bond donors (Lipinski definition) is 1. The maximum atomic E-state index is 13.1. The van der Waals surface area contributed by atoms with Crippen LogP contribution in [-0.4, -0.2) is 13.1 Å². The zero-order valence-corrected chi connectivity index (χ0v) is 12.6. The third-order valence-electron chi connectivity index (χ3n) is 3.02. The number of halogens is 2. The van der Waals surface area contributed by atoms with Gasteiger partial charge >= 0.3 is 0 Å². The SMILES string of the molecule is CNC(C)CC(C)(C)Cc1ccc(F)c(Br)c1. The van der Waals surface area contributed by atoms with Gasteiger partial charge in [-0.15, -0.1) is 0 Å². The number of nitrogens with one attached hydrogen (secondary N) is 1. The van der Waals surface area contributed by atoms with E-state index in [1.165, 1.54) is 11.6 Å².